The molecule has 0 bridgehead atoms. The quantitative estimate of drug-likeness (QED) is 0.727. The summed E-state index contributed by atoms with van der Waals surface area (Å²) in [6, 6.07) is 8.64. The molecule has 1 aromatic carbocycles. The maximum Gasteiger partial charge on any atom is 0.251 e. The molecule has 2 N–H and O–H groups in total. The summed E-state index contributed by atoms with van der Waals surface area (Å²) >= 11 is 0. The molecule has 0 radical (unpaired) electrons. The minimum atomic E-state index is 0. The van der Waals surface area contributed by atoms with Crippen molar-refractivity contribution in [2.24, 2.45) is 0 Å². The lowest BCUT2D eigenvalue weighted by molar-refractivity contribution is 0.0956. The lowest BCUT2D eigenvalue weighted by atomic mass is 10.1. The summed E-state index contributed by atoms with van der Waals surface area (Å²) in [5, 5.41) is 6.31. The Morgan fingerprint density at radius 1 is 1.11 bits per heavy atom. The van der Waals surface area contributed by atoms with Crippen molar-refractivity contribution in [2.45, 2.75) is 26.3 Å². The predicted octanol–water partition coefficient (Wildman–Crippen LogP) is 2.71. The molecule has 0 aromatic heterocycles. The maximum absolute atomic E-state index is 12.3. The van der Waals surface area contributed by atoms with Gasteiger partial charge in [0, 0.05) is 56.6 Å². The van der Waals surface area contributed by atoms with Gasteiger partial charge in [0.05, 0.1) is 0 Å². The number of carbonyl (C=O) groups is 1. The fourth-order valence-corrected chi connectivity index (χ4v) is 3.45. The van der Waals surface area contributed by atoms with Crippen LogP contribution < -0.4 is 15.5 Å². The van der Waals surface area contributed by atoms with E-state index in [1.165, 1.54) is 11.3 Å². The number of benzene rings is 1. The van der Waals surface area contributed by atoms with E-state index >= 15 is 0 Å². The molecule has 0 spiro atoms. The van der Waals surface area contributed by atoms with Crippen molar-refractivity contribution in [1.82, 2.24) is 15.5 Å². The van der Waals surface area contributed by atoms with Gasteiger partial charge in [0.2, 0.25) is 0 Å². The van der Waals surface area contributed by atoms with E-state index in [2.05, 4.69) is 52.5 Å². The lowest BCUT2D eigenvalue weighted by Gasteiger charge is -2.38. The molecule has 2 heterocycles. The Kier molecular flexibility index (Phi) is 10.2. The minimum absolute atomic E-state index is 0. The molecule has 27 heavy (non-hydrogen) atoms. The Labute approximate surface area is 175 Å². The van der Waals surface area contributed by atoms with Crippen molar-refractivity contribution < 1.29 is 4.79 Å². The van der Waals surface area contributed by atoms with Crippen molar-refractivity contribution in [1.29, 1.82) is 0 Å². The highest BCUT2D eigenvalue weighted by Gasteiger charge is 2.19. The first kappa shape index (κ1) is 23.8. The average molecular weight is 415 g/mol. The van der Waals surface area contributed by atoms with Gasteiger partial charge in [0.15, 0.2) is 0 Å². The second kappa shape index (κ2) is 11.5. The van der Waals surface area contributed by atoms with E-state index in [1.807, 2.05) is 12.1 Å². The van der Waals surface area contributed by atoms with Crippen LogP contribution in [0, 0.1) is 0 Å². The van der Waals surface area contributed by atoms with Gasteiger partial charge in [-0.2, -0.15) is 0 Å². The van der Waals surface area contributed by atoms with Gasteiger partial charge < -0.3 is 15.5 Å². The smallest absolute Gasteiger partial charge is 0.251 e. The molecule has 1 saturated heterocycles. The number of rotatable bonds is 5. The van der Waals surface area contributed by atoms with Crippen molar-refractivity contribution in [3.05, 3.63) is 41.5 Å². The summed E-state index contributed by atoms with van der Waals surface area (Å²) in [5.41, 5.74) is 3.26. The van der Waals surface area contributed by atoms with Gasteiger partial charge in [-0.3, -0.25) is 9.69 Å². The van der Waals surface area contributed by atoms with Crippen LogP contribution >= 0.6 is 24.8 Å². The van der Waals surface area contributed by atoms with Crippen molar-refractivity contribution in [3.63, 3.8) is 0 Å². The molecular formula is C20H32Cl2N4O. The first-order valence-electron chi connectivity index (χ1n) is 9.39. The fraction of sp³-hybridized carbons (Fsp3) is 0.550. The molecule has 0 saturated carbocycles. The van der Waals surface area contributed by atoms with Crippen LogP contribution in [0.1, 0.15) is 30.6 Å². The Balaban J connectivity index is 0.00000182. The monoisotopic (exact) mass is 414 g/mol. The number of nitrogens with zero attached hydrogens (tertiary/aromatic N) is 2. The Morgan fingerprint density at radius 2 is 1.78 bits per heavy atom. The zero-order valence-electron chi connectivity index (χ0n) is 16.2. The van der Waals surface area contributed by atoms with Crippen LogP contribution in [-0.4, -0.2) is 62.7 Å². The first-order chi connectivity index (χ1) is 12.1. The van der Waals surface area contributed by atoms with E-state index in [9.17, 15) is 4.79 Å². The molecule has 0 aliphatic carbocycles. The van der Waals surface area contributed by atoms with Gasteiger partial charge >= 0.3 is 0 Å². The average Bonchev–Trinajstić information content (AvgIpc) is 2.67. The van der Waals surface area contributed by atoms with Crippen LogP contribution in [0.25, 0.3) is 0 Å². The molecule has 2 aliphatic heterocycles. The Morgan fingerprint density at radius 3 is 2.33 bits per heavy atom. The number of nitrogens with one attached hydrogen (secondary N) is 2. The highest BCUT2D eigenvalue weighted by Crippen LogP contribution is 2.18. The SMILES string of the molecule is CC(C)N1CCN(c2ccc(C(=O)NCC3=CCNCC3)cc2)CC1.Cl.Cl. The van der Waals surface area contributed by atoms with E-state index in [1.54, 1.807) is 0 Å². The van der Waals surface area contributed by atoms with E-state index in [4.69, 9.17) is 0 Å². The summed E-state index contributed by atoms with van der Waals surface area (Å²) < 4.78 is 0. The van der Waals surface area contributed by atoms with Crippen LogP contribution in [0.15, 0.2) is 35.9 Å². The predicted molar refractivity (Wildman–Crippen MR) is 118 cm³/mol. The zero-order valence-corrected chi connectivity index (χ0v) is 17.9. The zero-order chi connectivity index (χ0) is 17.6. The van der Waals surface area contributed by atoms with Crippen LogP contribution in [-0.2, 0) is 0 Å². The number of piperazine rings is 1. The first-order valence-corrected chi connectivity index (χ1v) is 9.39. The summed E-state index contributed by atoms with van der Waals surface area (Å²) in [6.07, 6.45) is 3.19. The van der Waals surface area contributed by atoms with Crippen LogP contribution in [0.4, 0.5) is 5.69 Å². The Bertz CT molecular complexity index is 611. The van der Waals surface area contributed by atoms with E-state index in [-0.39, 0.29) is 30.7 Å². The number of amides is 1. The largest absolute Gasteiger partial charge is 0.369 e. The van der Waals surface area contributed by atoms with Crippen molar-refractivity contribution in [3.8, 4) is 0 Å². The molecule has 0 unspecified atom stereocenters. The standard InChI is InChI=1S/C20H30N4O.2ClH/c1-16(2)23-11-13-24(14-12-23)19-5-3-18(4-6-19)20(25)22-15-17-7-9-21-10-8-17;;/h3-7,16,21H,8-15H2,1-2H3,(H,22,25);2*1H. The van der Waals surface area contributed by atoms with Gasteiger partial charge in [-0.1, -0.05) is 11.6 Å². The molecule has 5 nitrogen and oxygen atoms in total. The van der Waals surface area contributed by atoms with E-state index < -0.39 is 0 Å². The van der Waals surface area contributed by atoms with Gasteiger partial charge in [0.25, 0.3) is 5.91 Å². The lowest BCUT2D eigenvalue weighted by Crippen LogP contribution is -2.48. The number of carbonyl (C=O) groups excluding carboxylic acids is 1. The summed E-state index contributed by atoms with van der Waals surface area (Å²) in [4.78, 5) is 17.2. The highest BCUT2D eigenvalue weighted by atomic mass is 35.5. The molecule has 1 fully saturated rings. The highest BCUT2D eigenvalue weighted by molar-refractivity contribution is 5.94. The maximum atomic E-state index is 12.3. The third kappa shape index (κ3) is 6.68. The van der Waals surface area contributed by atoms with Gasteiger partial charge in [-0.15, -0.1) is 24.8 Å². The van der Waals surface area contributed by atoms with E-state index in [0.717, 1.165) is 51.3 Å². The summed E-state index contributed by atoms with van der Waals surface area (Å²) in [5.74, 6) is 0.00982. The summed E-state index contributed by atoms with van der Waals surface area (Å²) in [7, 11) is 0. The van der Waals surface area contributed by atoms with Crippen LogP contribution in [0.5, 0.6) is 0 Å². The second-order valence-electron chi connectivity index (χ2n) is 7.16. The van der Waals surface area contributed by atoms with Crippen LogP contribution in [0.2, 0.25) is 0 Å². The van der Waals surface area contributed by atoms with Crippen molar-refractivity contribution >= 4 is 36.4 Å². The number of anilines is 1. The van der Waals surface area contributed by atoms with E-state index in [0.29, 0.717) is 12.6 Å². The third-order valence-corrected chi connectivity index (χ3v) is 5.17. The fourth-order valence-electron chi connectivity index (χ4n) is 3.45. The Hall–Kier alpha value is -1.27. The molecule has 1 aromatic rings. The molecule has 7 heteroatoms. The number of hydrogen-bond donors (Lipinski definition) is 2. The number of hydrogen-bond acceptors (Lipinski definition) is 4. The second-order valence-corrected chi connectivity index (χ2v) is 7.16. The molecule has 3 rings (SSSR count). The molecule has 2 aliphatic rings. The summed E-state index contributed by atoms with van der Waals surface area (Å²) in [6.45, 7) is 11.4. The molecular weight excluding hydrogens is 383 g/mol. The third-order valence-electron chi connectivity index (χ3n) is 5.17. The molecule has 0 atom stereocenters. The normalized spacial score (nSPS) is 17.6. The molecule has 1 amide bonds. The number of halogens is 2. The van der Waals surface area contributed by atoms with Gasteiger partial charge in [-0.25, -0.2) is 0 Å². The van der Waals surface area contributed by atoms with Gasteiger partial charge in [-0.05, 0) is 51.1 Å². The van der Waals surface area contributed by atoms with Crippen LogP contribution in [0.3, 0.4) is 0 Å². The molecule has 152 valence electrons. The van der Waals surface area contributed by atoms with Gasteiger partial charge in [0.1, 0.15) is 0 Å². The van der Waals surface area contributed by atoms with Crippen molar-refractivity contribution in [2.75, 3.05) is 50.7 Å². The minimum Gasteiger partial charge on any atom is -0.369 e. The topological polar surface area (TPSA) is 47.6 Å².